The van der Waals surface area contributed by atoms with Gasteiger partial charge in [-0.05, 0) is 79.4 Å². The maximum atomic E-state index is 13.1. The summed E-state index contributed by atoms with van der Waals surface area (Å²) in [4.78, 5) is 2.20. The molecule has 0 spiro atoms. The molecule has 1 aliphatic carbocycles. The molecule has 25 heavy (non-hydrogen) atoms. The summed E-state index contributed by atoms with van der Waals surface area (Å²) in [5.74, 6) is 0.506. The lowest BCUT2D eigenvalue weighted by atomic mass is 9.81. The zero-order valence-electron chi connectivity index (χ0n) is 14.7. The number of nitrogens with zero attached hydrogens (tertiary/aromatic N) is 1. The number of aromatic hydroxyl groups is 1. The van der Waals surface area contributed by atoms with E-state index >= 15 is 0 Å². The van der Waals surface area contributed by atoms with Crippen LogP contribution in [0.4, 0.5) is 4.39 Å². The number of phenolic OH excluding ortho intramolecular Hbond substituents is 1. The Morgan fingerprint density at radius 1 is 1.16 bits per heavy atom. The summed E-state index contributed by atoms with van der Waals surface area (Å²) in [7, 11) is 4.17. The molecule has 2 aromatic carbocycles. The molecule has 0 saturated carbocycles. The van der Waals surface area contributed by atoms with Crippen LogP contribution < -0.4 is 0 Å². The summed E-state index contributed by atoms with van der Waals surface area (Å²) >= 11 is 0. The molecule has 0 aliphatic heterocycles. The molecule has 1 aliphatic rings. The van der Waals surface area contributed by atoms with E-state index in [1.54, 1.807) is 18.2 Å². The summed E-state index contributed by atoms with van der Waals surface area (Å²) in [5.41, 5.74) is 4.56. The van der Waals surface area contributed by atoms with Gasteiger partial charge in [0.2, 0.25) is 0 Å². The van der Waals surface area contributed by atoms with E-state index in [0.717, 1.165) is 30.5 Å². The molecule has 2 nitrogen and oxygen atoms in total. The van der Waals surface area contributed by atoms with Gasteiger partial charge in [-0.25, -0.2) is 4.39 Å². The highest BCUT2D eigenvalue weighted by Gasteiger charge is 2.22. The number of hydrogen-bond acceptors (Lipinski definition) is 2. The standard InChI is InChI=1S/C22H24FNO/c1-24(2)15-19-9-6-17(12-16-7-10-20(23)11-8-16)13-22(19)18-4-3-5-21(25)14-18/h3-5,7-8,10-14,19,25H,6,9,15H2,1-2H3/b17-12+. The molecule has 1 atom stereocenters. The summed E-state index contributed by atoms with van der Waals surface area (Å²) in [6.07, 6.45) is 6.41. The van der Waals surface area contributed by atoms with Crippen molar-refractivity contribution in [2.45, 2.75) is 12.8 Å². The number of halogens is 1. The predicted octanol–water partition coefficient (Wildman–Crippen LogP) is 4.97. The smallest absolute Gasteiger partial charge is 0.123 e. The number of benzene rings is 2. The van der Waals surface area contributed by atoms with E-state index < -0.39 is 0 Å². The van der Waals surface area contributed by atoms with Crippen LogP contribution in [-0.2, 0) is 0 Å². The van der Waals surface area contributed by atoms with Gasteiger partial charge in [-0.1, -0.05) is 36.4 Å². The summed E-state index contributed by atoms with van der Waals surface area (Å²) in [6.45, 7) is 0.977. The minimum atomic E-state index is -0.215. The van der Waals surface area contributed by atoms with Crippen LogP contribution in [0.15, 0.2) is 60.2 Å². The van der Waals surface area contributed by atoms with Crippen LogP contribution in [0.25, 0.3) is 11.6 Å². The highest BCUT2D eigenvalue weighted by molar-refractivity contribution is 5.74. The molecule has 0 amide bonds. The predicted molar refractivity (Wildman–Crippen MR) is 102 cm³/mol. The first-order chi connectivity index (χ1) is 12.0. The van der Waals surface area contributed by atoms with Gasteiger partial charge >= 0.3 is 0 Å². The lowest BCUT2D eigenvalue weighted by Gasteiger charge is -2.28. The quantitative estimate of drug-likeness (QED) is 0.851. The molecule has 0 bridgehead atoms. The number of allylic oxidation sites excluding steroid dienone is 2. The van der Waals surface area contributed by atoms with Gasteiger partial charge in [-0.3, -0.25) is 0 Å². The van der Waals surface area contributed by atoms with Crippen LogP contribution >= 0.6 is 0 Å². The number of hydrogen-bond donors (Lipinski definition) is 1. The Bertz CT molecular complexity index is 790. The maximum absolute atomic E-state index is 13.1. The molecule has 0 aromatic heterocycles. The minimum absolute atomic E-state index is 0.215. The zero-order chi connectivity index (χ0) is 17.8. The van der Waals surface area contributed by atoms with Gasteiger partial charge < -0.3 is 10.0 Å². The molecule has 1 N–H and O–H groups in total. The lowest BCUT2D eigenvalue weighted by Crippen LogP contribution is -2.24. The molecule has 3 rings (SSSR count). The highest BCUT2D eigenvalue weighted by Crippen LogP contribution is 2.36. The third kappa shape index (κ3) is 4.58. The second-order valence-corrected chi connectivity index (χ2v) is 6.92. The normalized spacial score (nSPS) is 19.3. The first kappa shape index (κ1) is 17.4. The van der Waals surface area contributed by atoms with Gasteiger partial charge in [-0.15, -0.1) is 0 Å². The van der Waals surface area contributed by atoms with Crippen molar-refractivity contribution in [3.63, 3.8) is 0 Å². The second-order valence-electron chi connectivity index (χ2n) is 6.92. The van der Waals surface area contributed by atoms with Crippen LogP contribution in [0.3, 0.4) is 0 Å². The van der Waals surface area contributed by atoms with E-state index in [-0.39, 0.29) is 11.6 Å². The van der Waals surface area contributed by atoms with Gasteiger partial charge in [0.25, 0.3) is 0 Å². The SMILES string of the molecule is CN(C)CC1CC/C(=C\c2ccc(F)cc2)C=C1c1cccc(O)c1. The first-order valence-corrected chi connectivity index (χ1v) is 8.63. The van der Waals surface area contributed by atoms with Crippen molar-refractivity contribution >= 4 is 11.6 Å². The molecule has 1 unspecified atom stereocenters. The average molecular weight is 337 g/mol. The summed E-state index contributed by atoms with van der Waals surface area (Å²) < 4.78 is 13.1. The van der Waals surface area contributed by atoms with Crippen molar-refractivity contribution in [3.05, 3.63) is 77.1 Å². The van der Waals surface area contributed by atoms with Gasteiger partial charge in [-0.2, -0.15) is 0 Å². The molecule has 3 heteroatoms. The molecule has 130 valence electrons. The Morgan fingerprint density at radius 3 is 2.60 bits per heavy atom. The van der Waals surface area contributed by atoms with Crippen molar-refractivity contribution in [1.82, 2.24) is 4.90 Å². The Hall–Kier alpha value is -2.39. The Kier molecular flexibility index (Phi) is 5.34. The van der Waals surface area contributed by atoms with E-state index in [1.165, 1.54) is 23.3 Å². The zero-order valence-corrected chi connectivity index (χ0v) is 14.7. The van der Waals surface area contributed by atoms with E-state index in [2.05, 4.69) is 37.2 Å². The Morgan fingerprint density at radius 2 is 1.92 bits per heavy atom. The monoisotopic (exact) mass is 337 g/mol. The maximum Gasteiger partial charge on any atom is 0.123 e. The number of rotatable bonds is 4. The van der Waals surface area contributed by atoms with E-state index in [9.17, 15) is 9.50 Å². The largest absolute Gasteiger partial charge is 0.508 e. The van der Waals surface area contributed by atoms with Crippen molar-refractivity contribution in [2.24, 2.45) is 5.92 Å². The van der Waals surface area contributed by atoms with Crippen molar-refractivity contribution < 1.29 is 9.50 Å². The molecule has 0 heterocycles. The highest BCUT2D eigenvalue weighted by atomic mass is 19.1. The Balaban J connectivity index is 1.97. The fraction of sp³-hybridized carbons (Fsp3) is 0.273. The van der Waals surface area contributed by atoms with Crippen molar-refractivity contribution in [3.8, 4) is 5.75 Å². The van der Waals surface area contributed by atoms with E-state index in [1.807, 2.05) is 12.1 Å². The van der Waals surface area contributed by atoms with Gasteiger partial charge in [0.15, 0.2) is 0 Å². The first-order valence-electron chi connectivity index (χ1n) is 8.63. The molecule has 2 aromatic rings. The topological polar surface area (TPSA) is 23.5 Å². The third-order valence-corrected chi connectivity index (χ3v) is 4.55. The fourth-order valence-electron chi connectivity index (χ4n) is 3.41. The van der Waals surface area contributed by atoms with Crippen LogP contribution in [0, 0.1) is 11.7 Å². The van der Waals surface area contributed by atoms with Crippen LogP contribution in [0.1, 0.15) is 24.0 Å². The fourth-order valence-corrected chi connectivity index (χ4v) is 3.41. The Labute approximate surface area is 148 Å². The third-order valence-electron chi connectivity index (χ3n) is 4.55. The number of phenols is 1. The molecule has 0 radical (unpaired) electrons. The van der Waals surface area contributed by atoms with E-state index in [4.69, 9.17) is 0 Å². The van der Waals surface area contributed by atoms with Crippen LogP contribution in [-0.4, -0.2) is 30.6 Å². The summed E-state index contributed by atoms with van der Waals surface area (Å²) in [5, 5.41) is 9.85. The van der Waals surface area contributed by atoms with Crippen molar-refractivity contribution in [1.29, 1.82) is 0 Å². The van der Waals surface area contributed by atoms with Gasteiger partial charge in [0.1, 0.15) is 11.6 Å². The van der Waals surface area contributed by atoms with Crippen LogP contribution in [0.2, 0.25) is 0 Å². The average Bonchev–Trinajstić information content (AvgIpc) is 2.58. The summed E-state index contributed by atoms with van der Waals surface area (Å²) in [6, 6.07) is 14.0. The van der Waals surface area contributed by atoms with Crippen molar-refractivity contribution in [2.75, 3.05) is 20.6 Å². The molecule has 0 fully saturated rings. The van der Waals surface area contributed by atoms with Gasteiger partial charge in [0.05, 0.1) is 0 Å². The minimum Gasteiger partial charge on any atom is -0.508 e. The molecule has 0 saturated heterocycles. The molecular formula is C22H24FNO. The van der Waals surface area contributed by atoms with E-state index in [0.29, 0.717) is 5.92 Å². The van der Waals surface area contributed by atoms with Gasteiger partial charge in [0, 0.05) is 6.54 Å². The second kappa shape index (κ2) is 7.66. The van der Waals surface area contributed by atoms with Crippen LogP contribution in [0.5, 0.6) is 5.75 Å². The molecular weight excluding hydrogens is 313 g/mol. The lowest BCUT2D eigenvalue weighted by molar-refractivity contribution is 0.352.